The van der Waals surface area contributed by atoms with Crippen LogP contribution in [-0.2, 0) is 37.9 Å². The Morgan fingerprint density at radius 1 is 1.24 bits per heavy atom. The van der Waals surface area contributed by atoms with Gasteiger partial charge in [-0.15, -0.1) is 0 Å². The van der Waals surface area contributed by atoms with Gasteiger partial charge in [0.05, 0.1) is 24.3 Å². The van der Waals surface area contributed by atoms with E-state index in [2.05, 4.69) is 12.2 Å². The maximum Gasteiger partial charge on any atom is 0.325 e. The Bertz CT molecular complexity index is 1180. The zero-order chi connectivity index (χ0) is 24.5. The second-order valence-corrected chi connectivity index (χ2v) is 11.3. The molecule has 0 radical (unpaired) electrons. The van der Waals surface area contributed by atoms with Gasteiger partial charge in [0.2, 0.25) is 5.91 Å². The summed E-state index contributed by atoms with van der Waals surface area (Å²) in [5, 5.41) is 2.72. The van der Waals surface area contributed by atoms with E-state index in [9.17, 15) is 22.8 Å². The molecule has 2 atom stereocenters. The monoisotopic (exact) mass is 487 g/mol. The molecule has 3 heterocycles. The average Bonchev–Trinajstić information content (AvgIpc) is 3.49. The molecule has 4 rings (SSSR count). The summed E-state index contributed by atoms with van der Waals surface area (Å²) in [7, 11) is -3.25. The highest BCUT2D eigenvalue weighted by atomic mass is 32.2. The van der Waals surface area contributed by atoms with Crippen LogP contribution in [0.2, 0.25) is 0 Å². The van der Waals surface area contributed by atoms with Gasteiger partial charge in [-0.3, -0.25) is 14.5 Å². The standard InChI is InChI=1S/C24H29N3O6S/c1-3-5-17-7-9-18(10-8-17)24(2)22(29)27(23(30)25-24)15-21(28)26(14-20-6-4-12-33-20)19-11-13-34(31,32)16-19/h4,6-10,12,19H,3,5,11,13-16H2,1-2H3,(H,25,30). The molecule has 2 unspecified atom stereocenters. The van der Waals surface area contributed by atoms with Crippen molar-refractivity contribution in [2.75, 3.05) is 18.1 Å². The molecular weight excluding hydrogens is 458 g/mol. The average molecular weight is 488 g/mol. The van der Waals surface area contributed by atoms with Crippen LogP contribution in [0.1, 0.15) is 43.6 Å². The van der Waals surface area contributed by atoms with Crippen LogP contribution in [-0.4, -0.2) is 60.2 Å². The van der Waals surface area contributed by atoms with E-state index in [-0.39, 0.29) is 18.1 Å². The summed E-state index contributed by atoms with van der Waals surface area (Å²) in [6.07, 6.45) is 3.69. The van der Waals surface area contributed by atoms with E-state index >= 15 is 0 Å². The third-order valence-electron chi connectivity index (χ3n) is 6.51. The lowest BCUT2D eigenvalue weighted by Crippen LogP contribution is -2.48. The first-order chi connectivity index (χ1) is 16.1. The summed E-state index contributed by atoms with van der Waals surface area (Å²) in [6.45, 7) is 3.29. The Kier molecular flexibility index (Phi) is 6.53. The summed E-state index contributed by atoms with van der Waals surface area (Å²) in [6, 6.07) is 9.68. The normalized spacial score (nSPS) is 23.8. The number of aryl methyl sites for hydroxylation is 1. The summed E-state index contributed by atoms with van der Waals surface area (Å²) in [5.41, 5.74) is 0.485. The highest BCUT2D eigenvalue weighted by Crippen LogP contribution is 2.30. The van der Waals surface area contributed by atoms with Gasteiger partial charge in [0, 0.05) is 6.04 Å². The molecule has 1 N–H and O–H groups in total. The molecule has 2 aromatic rings. The van der Waals surface area contributed by atoms with Crippen LogP contribution < -0.4 is 5.32 Å². The van der Waals surface area contributed by atoms with E-state index in [0.717, 1.165) is 23.3 Å². The Morgan fingerprint density at radius 2 is 1.97 bits per heavy atom. The second kappa shape index (κ2) is 9.25. The highest BCUT2D eigenvalue weighted by molar-refractivity contribution is 7.91. The fourth-order valence-electron chi connectivity index (χ4n) is 4.57. The van der Waals surface area contributed by atoms with Gasteiger partial charge in [-0.2, -0.15) is 0 Å². The van der Waals surface area contributed by atoms with E-state index in [1.807, 2.05) is 24.3 Å². The Labute approximate surface area is 199 Å². The molecule has 0 spiro atoms. The van der Waals surface area contributed by atoms with Crippen LogP contribution in [0, 0.1) is 0 Å². The van der Waals surface area contributed by atoms with Crippen molar-refractivity contribution in [1.82, 2.24) is 15.1 Å². The number of hydrogen-bond donors (Lipinski definition) is 1. The highest BCUT2D eigenvalue weighted by Gasteiger charge is 2.50. The predicted octanol–water partition coefficient (Wildman–Crippen LogP) is 2.21. The van der Waals surface area contributed by atoms with Gasteiger partial charge in [-0.05, 0) is 43.0 Å². The number of nitrogens with one attached hydrogen (secondary N) is 1. The summed E-state index contributed by atoms with van der Waals surface area (Å²) in [5.74, 6) is -0.696. The molecule has 0 aliphatic carbocycles. The topological polar surface area (TPSA) is 117 Å². The molecule has 4 amide bonds. The third-order valence-corrected chi connectivity index (χ3v) is 8.26. The minimum atomic E-state index is -3.25. The zero-order valence-corrected chi connectivity index (χ0v) is 20.1. The molecule has 10 heteroatoms. The number of rotatable bonds is 8. The fourth-order valence-corrected chi connectivity index (χ4v) is 6.30. The number of hydrogen-bond acceptors (Lipinski definition) is 6. The largest absolute Gasteiger partial charge is 0.467 e. The first-order valence-electron chi connectivity index (χ1n) is 11.4. The van der Waals surface area contributed by atoms with Crippen molar-refractivity contribution in [3.8, 4) is 0 Å². The number of imide groups is 1. The molecule has 34 heavy (non-hydrogen) atoms. The molecule has 9 nitrogen and oxygen atoms in total. The molecule has 0 bridgehead atoms. The van der Waals surface area contributed by atoms with Crippen molar-refractivity contribution in [2.24, 2.45) is 0 Å². The van der Waals surface area contributed by atoms with E-state index in [1.165, 1.54) is 11.2 Å². The number of furan rings is 1. The van der Waals surface area contributed by atoms with E-state index in [4.69, 9.17) is 4.42 Å². The molecule has 2 saturated heterocycles. The maximum atomic E-state index is 13.3. The first-order valence-corrected chi connectivity index (χ1v) is 13.2. The summed E-state index contributed by atoms with van der Waals surface area (Å²) >= 11 is 0. The predicted molar refractivity (Wildman–Crippen MR) is 124 cm³/mol. The SMILES string of the molecule is CCCc1ccc(C2(C)NC(=O)N(CC(=O)N(Cc3ccco3)C3CCS(=O)(=O)C3)C2=O)cc1. The first kappa shape index (κ1) is 24.0. The van der Waals surface area contributed by atoms with Crippen molar-refractivity contribution >= 4 is 27.7 Å². The zero-order valence-electron chi connectivity index (χ0n) is 19.3. The van der Waals surface area contributed by atoms with Crippen LogP contribution in [0.15, 0.2) is 47.1 Å². The van der Waals surface area contributed by atoms with Crippen molar-refractivity contribution in [2.45, 2.75) is 51.2 Å². The Balaban J connectivity index is 1.53. The van der Waals surface area contributed by atoms with Crippen LogP contribution >= 0.6 is 0 Å². The van der Waals surface area contributed by atoms with Gasteiger partial charge in [-0.25, -0.2) is 13.2 Å². The van der Waals surface area contributed by atoms with Crippen molar-refractivity contribution in [1.29, 1.82) is 0 Å². The van der Waals surface area contributed by atoms with Crippen LogP contribution in [0.5, 0.6) is 0 Å². The third kappa shape index (κ3) is 4.72. The molecule has 2 aliphatic heterocycles. The summed E-state index contributed by atoms with van der Waals surface area (Å²) < 4.78 is 29.4. The molecule has 1 aromatic carbocycles. The van der Waals surface area contributed by atoms with E-state index in [0.29, 0.717) is 17.7 Å². The van der Waals surface area contributed by atoms with Crippen LogP contribution in [0.4, 0.5) is 4.79 Å². The van der Waals surface area contributed by atoms with Gasteiger partial charge in [-0.1, -0.05) is 37.6 Å². The van der Waals surface area contributed by atoms with Gasteiger partial charge in [0.15, 0.2) is 9.84 Å². The Hall–Kier alpha value is -3.14. The van der Waals surface area contributed by atoms with Crippen LogP contribution in [0.3, 0.4) is 0 Å². The van der Waals surface area contributed by atoms with Crippen LogP contribution in [0.25, 0.3) is 0 Å². The molecule has 2 aliphatic rings. The molecule has 1 aromatic heterocycles. The van der Waals surface area contributed by atoms with Crippen molar-refractivity contribution in [3.05, 3.63) is 59.5 Å². The molecule has 0 saturated carbocycles. The number of carbonyl (C=O) groups is 3. The molecular formula is C24H29N3O6S. The van der Waals surface area contributed by atoms with Gasteiger partial charge < -0.3 is 14.6 Å². The quantitative estimate of drug-likeness (QED) is 0.571. The lowest BCUT2D eigenvalue weighted by Gasteiger charge is -2.29. The van der Waals surface area contributed by atoms with E-state index in [1.54, 1.807) is 19.1 Å². The number of sulfone groups is 1. The lowest BCUT2D eigenvalue weighted by molar-refractivity contribution is -0.140. The minimum absolute atomic E-state index is 0.00513. The van der Waals surface area contributed by atoms with Crippen molar-refractivity contribution in [3.63, 3.8) is 0 Å². The van der Waals surface area contributed by atoms with Gasteiger partial charge >= 0.3 is 6.03 Å². The maximum absolute atomic E-state index is 13.3. The van der Waals surface area contributed by atoms with Gasteiger partial charge in [0.1, 0.15) is 17.8 Å². The molecule has 2 fully saturated rings. The smallest absolute Gasteiger partial charge is 0.325 e. The lowest BCUT2D eigenvalue weighted by atomic mass is 9.91. The molecule has 182 valence electrons. The number of carbonyl (C=O) groups excluding carboxylic acids is 3. The second-order valence-electron chi connectivity index (χ2n) is 9.05. The van der Waals surface area contributed by atoms with Gasteiger partial charge in [0.25, 0.3) is 5.91 Å². The van der Waals surface area contributed by atoms with Crippen molar-refractivity contribution < 1.29 is 27.2 Å². The number of nitrogens with zero attached hydrogens (tertiary/aromatic N) is 2. The Morgan fingerprint density at radius 3 is 2.56 bits per heavy atom. The van der Waals surface area contributed by atoms with E-state index < -0.39 is 45.8 Å². The number of urea groups is 1. The minimum Gasteiger partial charge on any atom is -0.467 e. The summed E-state index contributed by atoms with van der Waals surface area (Å²) in [4.78, 5) is 41.7. The number of amides is 4. The number of benzene rings is 1. The fraction of sp³-hybridized carbons (Fsp3) is 0.458.